The lowest BCUT2D eigenvalue weighted by Crippen LogP contribution is -2.38. The van der Waals surface area contributed by atoms with Crippen molar-refractivity contribution in [2.45, 2.75) is 20.1 Å². The number of aliphatic hydroxyl groups is 1. The summed E-state index contributed by atoms with van der Waals surface area (Å²) in [6, 6.07) is 14.4. The number of aliphatic carboxylic acids is 2. The third-order valence-electron chi connectivity index (χ3n) is 6.94. The van der Waals surface area contributed by atoms with Crippen LogP contribution in [-0.4, -0.2) is 89.8 Å². The predicted molar refractivity (Wildman–Crippen MR) is 167 cm³/mol. The van der Waals surface area contributed by atoms with Crippen molar-refractivity contribution in [2.24, 2.45) is 0 Å². The number of hydrogen-bond acceptors (Lipinski definition) is 11. The van der Waals surface area contributed by atoms with Gasteiger partial charge in [0.1, 0.15) is 0 Å². The monoisotopic (exact) mass is 606 g/mol. The van der Waals surface area contributed by atoms with Gasteiger partial charge in [0, 0.05) is 67.3 Å². The summed E-state index contributed by atoms with van der Waals surface area (Å²) < 4.78 is 11.1. The minimum Gasteiger partial charge on any atom is -0.478 e. The summed E-state index contributed by atoms with van der Waals surface area (Å²) >= 11 is 0. The first-order valence-corrected chi connectivity index (χ1v) is 14.3. The number of anilines is 5. The van der Waals surface area contributed by atoms with Gasteiger partial charge in [-0.2, -0.15) is 0 Å². The lowest BCUT2D eigenvalue weighted by atomic mass is 10.1. The van der Waals surface area contributed by atoms with Gasteiger partial charge in [-0.25, -0.2) is 19.6 Å². The highest BCUT2D eigenvalue weighted by Crippen LogP contribution is 2.30. The van der Waals surface area contributed by atoms with E-state index in [0.29, 0.717) is 24.6 Å². The number of carboxylic acid groups (broad SMARTS) is 2. The van der Waals surface area contributed by atoms with Gasteiger partial charge in [0.05, 0.1) is 45.3 Å². The summed E-state index contributed by atoms with van der Waals surface area (Å²) in [6.45, 7) is 9.08. The molecule has 5 rings (SSSR count). The number of carboxylic acids is 2. The zero-order valence-electron chi connectivity index (χ0n) is 24.6. The Morgan fingerprint density at radius 2 is 1.48 bits per heavy atom. The summed E-state index contributed by atoms with van der Waals surface area (Å²) in [4.78, 5) is 33.0. The minimum absolute atomic E-state index is 0.0203. The normalized spacial score (nSPS) is 15.0. The molecule has 0 radical (unpaired) electrons. The molecule has 0 atom stereocenters. The van der Waals surface area contributed by atoms with E-state index in [1.807, 2.05) is 31.2 Å². The van der Waals surface area contributed by atoms with Gasteiger partial charge in [-0.05, 0) is 48.4 Å². The number of morpholine rings is 2. The maximum atomic E-state index is 9.55. The molecule has 2 saturated heterocycles. The Kier molecular flexibility index (Phi) is 11.9. The highest BCUT2D eigenvalue weighted by Gasteiger charge is 2.17. The first kappa shape index (κ1) is 32.2. The molecule has 0 saturated carbocycles. The van der Waals surface area contributed by atoms with Crippen LogP contribution in [0.5, 0.6) is 0 Å². The van der Waals surface area contributed by atoms with E-state index in [4.69, 9.17) is 24.7 Å². The molecule has 0 spiro atoms. The molecule has 0 amide bonds. The van der Waals surface area contributed by atoms with E-state index in [9.17, 15) is 14.7 Å². The summed E-state index contributed by atoms with van der Waals surface area (Å²) in [5.74, 6) is -1.96. The van der Waals surface area contributed by atoms with Crippen LogP contribution >= 0.6 is 0 Å². The Labute approximate surface area is 255 Å². The zero-order valence-corrected chi connectivity index (χ0v) is 24.6. The van der Waals surface area contributed by atoms with Crippen LogP contribution in [0.3, 0.4) is 0 Å². The third kappa shape index (κ3) is 9.93. The number of aromatic nitrogens is 2. The van der Waals surface area contributed by atoms with E-state index in [1.165, 1.54) is 11.4 Å². The number of carbonyl (C=O) groups is 2. The highest BCUT2D eigenvalue weighted by molar-refractivity contribution is 5.89. The fraction of sp³-hybridized carbons (Fsp3) is 0.355. The maximum absolute atomic E-state index is 9.55. The van der Waals surface area contributed by atoms with Gasteiger partial charge < -0.3 is 45.2 Å². The van der Waals surface area contributed by atoms with E-state index < -0.39 is 11.9 Å². The number of nitrogens with zero attached hydrogens (tertiary/aromatic N) is 4. The molecule has 2 aliphatic rings. The van der Waals surface area contributed by atoms with Gasteiger partial charge in [-0.1, -0.05) is 12.1 Å². The molecule has 3 heterocycles. The molecule has 1 aromatic heterocycles. The molecular weight excluding hydrogens is 568 g/mol. The van der Waals surface area contributed by atoms with Crippen LogP contribution in [0.2, 0.25) is 0 Å². The Hall–Kier alpha value is -4.72. The molecule has 2 fully saturated rings. The average Bonchev–Trinajstić information content (AvgIpc) is 3.04. The molecule has 44 heavy (non-hydrogen) atoms. The number of aliphatic hydroxyl groups excluding tert-OH is 1. The van der Waals surface area contributed by atoms with Crippen molar-refractivity contribution in [3.8, 4) is 0 Å². The quantitative estimate of drug-likeness (QED) is 0.214. The molecule has 0 aliphatic carbocycles. The first-order valence-electron chi connectivity index (χ1n) is 14.3. The number of aryl methyl sites for hydroxylation is 1. The molecule has 5 N–H and O–H groups in total. The van der Waals surface area contributed by atoms with Crippen molar-refractivity contribution in [1.82, 2.24) is 9.97 Å². The van der Waals surface area contributed by atoms with Crippen molar-refractivity contribution < 1.29 is 34.4 Å². The molecule has 13 heteroatoms. The minimum atomic E-state index is -1.26. The summed E-state index contributed by atoms with van der Waals surface area (Å²) in [5.41, 5.74) is 7.16. The number of hydrogen-bond donors (Lipinski definition) is 5. The standard InChI is InChI=1S/C27H34N6O3.C4H4O4/c1-20-2-3-21(19-34)14-26(20)29-18-22-4-5-28-27(30-22)31-23-15-24(32-6-10-35-11-7-32)17-25(16-23)33-8-12-36-13-9-33;5-3(6)1-2-4(7)8/h2-5,14-17,29,34H,6-13,18-19H2,1H3,(H,28,30,31);1-2H,(H,5,6)(H,7,8)/b;2-1+. The second-order valence-corrected chi connectivity index (χ2v) is 10.1. The second kappa shape index (κ2) is 16.2. The van der Waals surface area contributed by atoms with E-state index in [-0.39, 0.29) is 6.61 Å². The lowest BCUT2D eigenvalue weighted by molar-refractivity contribution is -0.134. The van der Waals surface area contributed by atoms with Gasteiger partial charge >= 0.3 is 11.9 Å². The highest BCUT2D eigenvalue weighted by atomic mass is 16.5. The number of rotatable bonds is 10. The molecule has 13 nitrogen and oxygen atoms in total. The zero-order chi connectivity index (χ0) is 31.3. The fourth-order valence-corrected chi connectivity index (χ4v) is 4.65. The molecule has 234 valence electrons. The van der Waals surface area contributed by atoms with Gasteiger partial charge in [-0.15, -0.1) is 0 Å². The first-order chi connectivity index (χ1) is 21.3. The van der Waals surface area contributed by atoms with Crippen LogP contribution in [0.25, 0.3) is 0 Å². The number of ether oxygens (including phenoxy) is 2. The molecule has 3 aromatic rings. The van der Waals surface area contributed by atoms with E-state index in [0.717, 1.165) is 80.8 Å². The molecular formula is C31H38N6O7. The molecule has 0 unspecified atom stereocenters. The number of nitrogens with one attached hydrogen (secondary N) is 2. The van der Waals surface area contributed by atoms with Crippen molar-refractivity contribution in [2.75, 3.05) is 73.0 Å². The molecule has 2 aromatic carbocycles. The Balaban J connectivity index is 0.000000488. The SMILES string of the molecule is Cc1ccc(CO)cc1NCc1ccnc(Nc2cc(N3CCOCC3)cc(N3CCOCC3)c2)n1.O=C(O)/C=C/C(=O)O. The molecule has 2 aliphatic heterocycles. The van der Waals surface area contributed by atoms with Gasteiger partial charge in [-0.3, -0.25) is 0 Å². The third-order valence-corrected chi connectivity index (χ3v) is 6.94. The van der Waals surface area contributed by atoms with Crippen molar-refractivity contribution in [1.29, 1.82) is 0 Å². The Morgan fingerprint density at radius 3 is 2.02 bits per heavy atom. The lowest BCUT2D eigenvalue weighted by Gasteiger charge is -2.33. The van der Waals surface area contributed by atoms with Gasteiger partial charge in [0.15, 0.2) is 0 Å². The molecule has 0 bridgehead atoms. The van der Waals surface area contributed by atoms with Gasteiger partial charge in [0.25, 0.3) is 0 Å². The smallest absolute Gasteiger partial charge is 0.328 e. The van der Waals surface area contributed by atoms with Crippen molar-refractivity contribution in [3.63, 3.8) is 0 Å². The Bertz CT molecular complexity index is 1390. The largest absolute Gasteiger partial charge is 0.478 e. The van der Waals surface area contributed by atoms with E-state index >= 15 is 0 Å². The second-order valence-electron chi connectivity index (χ2n) is 10.1. The summed E-state index contributed by atoms with van der Waals surface area (Å²) in [6.07, 6.45) is 2.89. The number of benzene rings is 2. The van der Waals surface area contributed by atoms with Crippen molar-refractivity contribution >= 4 is 40.6 Å². The summed E-state index contributed by atoms with van der Waals surface area (Å²) in [7, 11) is 0. The van der Waals surface area contributed by atoms with Crippen LogP contribution in [-0.2, 0) is 32.2 Å². The van der Waals surface area contributed by atoms with Crippen LogP contribution in [0, 0.1) is 6.92 Å². The summed E-state index contributed by atoms with van der Waals surface area (Å²) in [5, 5.41) is 31.9. The van der Waals surface area contributed by atoms with Crippen molar-refractivity contribution in [3.05, 3.63) is 77.6 Å². The van der Waals surface area contributed by atoms with E-state index in [2.05, 4.69) is 43.6 Å². The Morgan fingerprint density at radius 1 is 0.886 bits per heavy atom. The fourth-order valence-electron chi connectivity index (χ4n) is 4.65. The average molecular weight is 607 g/mol. The van der Waals surface area contributed by atoms with E-state index in [1.54, 1.807) is 6.20 Å². The predicted octanol–water partition coefficient (Wildman–Crippen LogP) is 3.02. The van der Waals surface area contributed by atoms with Crippen LogP contribution in [0.15, 0.2) is 60.8 Å². The van der Waals surface area contributed by atoms with Crippen LogP contribution in [0.4, 0.5) is 28.7 Å². The van der Waals surface area contributed by atoms with Gasteiger partial charge in [0.2, 0.25) is 5.95 Å². The van der Waals surface area contributed by atoms with Crippen LogP contribution < -0.4 is 20.4 Å². The van der Waals surface area contributed by atoms with Crippen LogP contribution in [0.1, 0.15) is 16.8 Å². The maximum Gasteiger partial charge on any atom is 0.328 e. The topological polar surface area (TPSA) is 170 Å².